The molecule has 0 radical (unpaired) electrons. The maximum absolute atomic E-state index is 13.5. The van der Waals surface area contributed by atoms with Gasteiger partial charge in [-0.05, 0) is 13.3 Å². The second-order valence-electron chi connectivity index (χ2n) is 3.06. The van der Waals surface area contributed by atoms with Crippen molar-refractivity contribution in [1.29, 1.82) is 0 Å². The molecule has 14 heavy (non-hydrogen) atoms. The number of hydrogen-bond donors (Lipinski definition) is 2. The van der Waals surface area contributed by atoms with Gasteiger partial charge in [-0.1, -0.05) is 6.92 Å². The fourth-order valence-electron chi connectivity index (χ4n) is 1.03. The Morgan fingerprint density at radius 3 is 2.86 bits per heavy atom. The molecule has 1 unspecified atom stereocenters. The molecule has 1 heterocycles. The van der Waals surface area contributed by atoms with Crippen molar-refractivity contribution in [2.75, 3.05) is 11.9 Å². The van der Waals surface area contributed by atoms with Gasteiger partial charge in [-0.3, -0.25) is 0 Å². The summed E-state index contributed by atoms with van der Waals surface area (Å²) in [7, 11) is 0. The molecule has 4 nitrogen and oxygen atoms in total. The Hall–Kier alpha value is -1.23. The molecule has 1 rings (SSSR count). The number of aliphatic hydroxyl groups excluding tert-OH is 1. The lowest BCUT2D eigenvalue weighted by atomic mass is 10.3. The van der Waals surface area contributed by atoms with E-state index in [1.807, 2.05) is 6.92 Å². The molecule has 0 fully saturated rings. The summed E-state index contributed by atoms with van der Waals surface area (Å²) >= 11 is 0. The number of aromatic nitrogens is 2. The van der Waals surface area contributed by atoms with Gasteiger partial charge in [0, 0.05) is 6.04 Å². The van der Waals surface area contributed by atoms with Gasteiger partial charge in [0.15, 0.2) is 11.6 Å². The molecular weight excluding hydrogens is 185 g/mol. The Kier molecular flexibility index (Phi) is 3.76. The van der Waals surface area contributed by atoms with E-state index in [0.717, 1.165) is 0 Å². The van der Waals surface area contributed by atoms with E-state index in [1.165, 1.54) is 6.33 Å². The van der Waals surface area contributed by atoms with E-state index >= 15 is 0 Å². The Morgan fingerprint density at radius 2 is 2.29 bits per heavy atom. The van der Waals surface area contributed by atoms with Crippen molar-refractivity contribution in [3.05, 3.63) is 17.8 Å². The monoisotopic (exact) mass is 199 g/mol. The Labute approximate surface area is 82.2 Å². The minimum Gasteiger partial charge on any atom is -0.394 e. The van der Waals surface area contributed by atoms with Gasteiger partial charge < -0.3 is 10.4 Å². The van der Waals surface area contributed by atoms with Crippen LogP contribution in [-0.4, -0.2) is 27.7 Å². The molecule has 78 valence electrons. The third-order valence-electron chi connectivity index (χ3n) is 1.85. The Morgan fingerprint density at radius 1 is 1.57 bits per heavy atom. The van der Waals surface area contributed by atoms with E-state index < -0.39 is 5.82 Å². The van der Waals surface area contributed by atoms with Gasteiger partial charge in [0.05, 0.1) is 12.3 Å². The minimum atomic E-state index is -0.435. The van der Waals surface area contributed by atoms with Crippen molar-refractivity contribution in [1.82, 2.24) is 9.97 Å². The first-order chi connectivity index (χ1) is 6.69. The van der Waals surface area contributed by atoms with E-state index in [0.29, 0.717) is 12.1 Å². The van der Waals surface area contributed by atoms with E-state index in [1.54, 1.807) is 6.92 Å². The predicted octanol–water partition coefficient (Wildman–Crippen LogP) is 0.971. The van der Waals surface area contributed by atoms with Crippen LogP contribution in [0.5, 0.6) is 0 Å². The molecule has 1 aromatic rings. The van der Waals surface area contributed by atoms with Crippen molar-refractivity contribution < 1.29 is 9.50 Å². The number of hydrogen-bond acceptors (Lipinski definition) is 4. The van der Waals surface area contributed by atoms with Crippen LogP contribution in [0.25, 0.3) is 0 Å². The molecule has 1 aromatic heterocycles. The third kappa shape index (κ3) is 2.38. The fraction of sp³-hybridized carbons (Fsp3) is 0.556. The predicted molar refractivity (Wildman–Crippen MR) is 51.5 cm³/mol. The van der Waals surface area contributed by atoms with Crippen LogP contribution in [0, 0.1) is 5.82 Å². The van der Waals surface area contributed by atoms with Crippen molar-refractivity contribution in [2.24, 2.45) is 0 Å². The lowest BCUT2D eigenvalue weighted by Crippen LogP contribution is -2.21. The first-order valence-electron chi connectivity index (χ1n) is 4.55. The number of rotatable bonds is 4. The average molecular weight is 199 g/mol. The zero-order valence-electron chi connectivity index (χ0n) is 8.29. The van der Waals surface area contributed by atoms with Crippen LogP contribution in [0.15, 0.2) is 6.33 Å². The van der Waals surface area contributed by atoms with Crippen molar-refractivity contribution in [2.45, 2.75) is 26.3 Å². The van der Waals surface area contributed by atoms with Crippen LogP contribution in [0.4, 0.5) is 10.2 Å². The molecule has 5 heteroatoms. The summed E-state index contributed by atoms with van der Waals surface area (Å²) in [5.41, 5.74) is 0.382. The molecular formula is C9H14FN3O. The summed E-state index contributed by atoms with van der Waals surface area (Å²) in [4.78, 5) is 7.57. The Balaban J connectivity index is 2.86. The van der Waals surface area contributed by atoms with Crippen molar-refractivity contribution in [3.8, 4) is 0 Å². The number of halogens is 1. The average Bonchev–Trinajstić information content (AvgIpc) is 2.21. The summed E-state index contributed by atoms with van der Waals surface area (Å²) in [5.74, 6) is -0.284. The van der Waals surface area contributed by atoms with Crippen molar-refractivity contribution in [3.63, 3.8) is 0 Å². The van der Waals surface area contributed by atoms with E-state index in [4.69, 9.17) is 5.11 Å². The molecule has 2 N–H and O–H groups in total. The largest absolute Gasteiger partial charge is 0.394 e. The Bertz CT molecular complexity index is 306. The van der Waals surface area contributed by atoms with Gasteiger partial charge in [-0.15, -0.1) is 0 Å². The van der Waals surface area contributed by atoms with E-state index in [9.17, 15) is 4.39 Å². The van der Waals surface area contributed by atoms with Crippen LogP contribution in [-0.2, 0) is 6.42 Å². The second kappa shape index (κ2) is 4.85. The highest BCUT2D eigenvalue weighted by Crippen LogP contribution is 2.13. The standard InChI is InChI=1S/C9H14FN3O/c1-3-7-8(10)9(12-5-11-7)13-6(2)4-14/h5-6,14H,3-4H2,1-2H3,(H,11,12,13). The maximum atomic E-state index is 13.5. The van der Waals surface area contributed by atoms with Gasteiger partial charge >= 0.3 is 0 Å². The van der Waals surface area contributed by atoms with Crippen LogP contribution in [0.2, 0.25) is 0 Å². The SMILES string of the molecule is CCc1ncnc(NC(C)CO)c1F. The molecule has 0 aromatic carbocycles. The quantitative estimate of drug-likeness (QED) is 0.758. The molecule has 0 aliphatic carbocycles. The molecule has 0 saturated heterocycles. The first-order valence-corrected chi connectivity index (χ1v) is 4.55. The molecule has 0 aliphatic rings. The normalized spacial score (nSPS) is 12.6. The fourth-order valence-corrected chi connectivity index (χ4v) is 1.03. The number of nitrogens with zero attached hydrogens (tertiary/aromatic N) is 2. The van der Waals surface area contributed by atoms with Crippen LogP contribution in [0.1, 0.15) is 19.5 Å². The maximum Gasteiger partial charge on any atom is 0.186 e. The van der Waals surface area contributed by atoms with Crippen LogP contribution in [0.3, 0.4) is 0 Å². The topological polar surface area (TPSA) is 58.0 Å². The second-order valence-corrected chi connectivity index (χ2v) is 3.06. The van der Waals surface area contributed by atoms with Crippen LogP contribution >= 0.6 is 0 Å². The lowest BCUT2D eigenvalue weighted by molar-refractivity contribution is 0.281. The molecule has 0 aliphatic heterocycles. The molecule has 1 atom stereocenters. The highest BCUT2D eigenvalue weighted by Gasteiger charge is 2.10. The van der Waals surface area contributed by atoms with E-state index in [2.05, 4.69) is 15.3 Å². The minimum absolute atomic E-state index is 0.0646. The molecule has 0 amide bonds. The smallest absolute Gasteiger partial charge is 0.186 e. The van der Waals surface area contributed by atoms with E-state index in [-0.39, 0.29) is 18.5 Å². The zero-order valence-corrected chi connectivity index (χ0v) is 8.29. The first kappa shape index (κ1) is 10.8. The third-order valence-corrected chi connectivity index (χ3v) is 1.85. The molecule has 0 bridgehead atoms. The lowest BCUT2D eigenvalue weighted by Gasteiger charge is -2.12. The highest BCUT2D eigenvalue weighted by atomic mass is 19.1. The van der Waals surface area contributed by atoms with Crippen molar-refractivity contribution >= 4 is 5.82 Å². The van der Waals surface area contributed by atoms with Gasteiger partial charge in [0.2, 0.25) is 0 Å². The zero-order chi connectivity index (χ0) is 10.6. The van der Waals surface area contributed by atoms with Gasteiger partial charge in [-0.2, -0.15) is 0 Å². The van der Waals surface area contributed by atoms with Gasteiger partial charge in [-0.25, -0.2) is 14.4 Å². The number of aliphatic hydroxyl groups is 1. The number of anilines is 1. The summed E-state index contributed by atoms with van der Waals surface area (Å²) in [6.07, 6.45) is 1.84. The summed E-state index contributed by atoms with van der Waals surface area (Å²) in [6, 6.07) is -0.218. The number of nitrogens with one attached hydrogen (secondary N) is 1. The summed E-state index contributed by atoms with van der Waals surface area (Å²) in [5, 5.41) is 11.5. The number of aryl methyl sites for hydroxylation is 1. The van der Waals surface area contributed by atoms with Gasteiger partial charge in [0.1, 0.15) is 6.33 Å². The summed E-state index contributed by atoms with van der Waals surface area (Å²) < 4.78 is 13.5. The molecule has 0 spiro atoms. The molecule has 0 saturated carbocycles. The summed E-state index contributed by atoms with van der Waals surface area (Å²) in [6.45, 7) is 3.50. The van der Waals surface area contributed by atoms with Crippen LogP contribution < -0.4 is 5.32 Å². The highest BCUT2D eigenvalue weighted by molar-refractivity contribution is 5.38. The van der Waals surface area contributed by atoms with Gasteiger partial charge in [0.25, 0.3) is 0 Å².